The number of imidazole rings is 1. The van der Waals surface area contributed by atoms with Crippen molar-refractivity contribution in [1.82, 2.24) is 9.55 Å². The number of alkyl halides is 4. The Balaban J connectivity index is 2.22. The van der Waals surface area contributed by atoms with E-state index in [2.05, 4.69) is 14.5 Å². The molecule has 1 aromatic carbocycles. The van der Waals surface area contributed by atoms with Crippen molar-refractivity contribution in [3.8, 4) is 11.5 Å². The van der Waals surface area contributed by atoms with Gasteiger partial charge in [0.25, 0.3) is 0 Å². The van der Waals surface area contributed by atoms with Crippen LogP contribution >= 0.6 is 0 Å². The highest BCUT2D eigenvalue weighted by Gasteiger charge is 2.66. The van der Waals surface area contributed by atoms with Gasteiger partial charge in [0.05, 0.1) is 11.0 Å². The summed E-state index contributed by atoms with van der Waals surface area (Å²) in [6, 6.07) is 2.36. The molecule has 0 aliphatic carbocycles. The van der Waals surface area contributed by atoms with Crippen LogP contribution in [0.15, 0.2) is 12.1 Å². The molecule has 0 fully saturated rings. The Morgan fingerprint density at radius 3 is 2.16 bits per heavy atom. The maximum atomic E-state index is 13.0. The first kappa shape index (κ1) is 12.1. The zero-order valence-electron chi connectivity index (χ0n) is 9.88. The molecule has 3 rings (SSSR count). The fourth-order valence-electron chi connectivity index (χ4n) is 1.87. The second-order valence-corrected chi connectivity index (χ2v) is 4.24. The van der Waals surface area contributed by atoms with Crippen molar-refractivity contribution in [2.24, 2.45) is 7.05 Å². The van der Waals surface area contributed by atoms with Gasteiger partial charge >= 0.3 is 12.2 Å². The normalized spacial score (nSPS) is 19.7. The van der Waals surface area contributed by atoms with E-state index in [4.69, 9.17) is 0 Å². The van der Waals surface area contributed by atoms with Crippen LogP contribution in [0.25, 0.3) is 11.0 Å². The number of aryl methyl sites for hydroxylation is 2. The fourth-order valence-corrected chi connectivity index (χ4v) is 1.87. The first-order chi connectivity index (χ1) is 8.71. The van der Waals surface area contributed by atoms with E-state index in [1.165, 1.54) is 6.07 Å². The van der Waals surface area contributed by atoms with Gasteiger partial charge in [-0.3, -0.25) is 0 Å². The van der Waals surface area contributed by atoms with Gasteiger partial charge in [0.1, 0.15) is 5.82 Å². The van der Waals surface area contributed by atoms with Crippen molar-refractivity contribution < 1.29 is 27.0 Å². The molecule has 19 heavy (non-hydrogen) atoms. The van der Waals surface area contributed by atoms with Crippen LogP contribution in [0.2, 0.25) is 0 Å². The lowest BCUT2D eigenvalue weighted by Crippen LogP contribution is -2.52. The molecule has 8 heteroatoms. The van der Waals surface area contributed by atoms with E-state index in [0.717, 1.165) is 6.07 Å². The number of benzene rings is 1. The molecular formula is C11H8F4N2O2. The minimum Gasteiger partial charge on any atom is -0.421 e. The third-order valence-electron chi connectivity index (χ3n) is 2.99. The Labute approximate surface area is 104 Å². The minimum atomic E-state index is -4.71. The van der Waals surface area contributed by atoms with Gasteiger partial charge in [0.15, 0.2) is 11.5 Å². The number of hydrogen-bond donors (Lipinski definition) is 0. The lowest BCUT2D eigenvalue weighted by molar-refractivity contribution is -0.391. The SMILES string of the molecule is Cc1nc2cc3c(cc2n1C)OC(F)(F)C(F)(F)O3. The molecule has 0 unspecified atom stereocenters. The van der Waals surface area contributed by atoms with Crippen molar-refractivity contribution in [2.75, 3.05) is 0 Å². The molecule has 0 saturated carbocycles. The maximum Gasteiger partial charge on any atom is 0.507 e. The molecule has 0 radical (unpaired) electrons. The van der Waals surface area contributed by atoms with Gasteiger partial charge in [0, 0.05) is 19.2 Å². The second kappa shape index (κ2) is 3.31. The van der Waals surface area contributed by atoms with Crippen molar-refractivity contribution >= 4 is 11.0 Å². The fraction of sp³-hybridized carbons (Fsp3) is 0.364. The van der Waals surface area contributed by atoms with E-state index in [-0.39, 0.29) is 0 Å². The molecule has 4 nitrogen and oxygen atoms in total. The Hall–Kier alpha value is -1.99. The van der Waals surface area contributed by atoms with Crippen LogP contribution < -0.4 is 9.47 Å². The van der Waals surface area contributed by atoms with Gasteiger partial charge in [-0.15, -0.1) is 0 Å². The summed E-state index contributed by atoms with van der Waals surface area (Å²) in [7, 11) is 1.67. The van der Waals surface area contributed by atoms with E-state index in [0.29, 0.717) is 16.9 Å². The summed E-state index contributed by atoms with van der Waals surface area (Å²) in [6.45, 7) is 1.70. The summed E-state index contributed by atoms with van der Waals surface area (Å²) in [5.41, 5.74) is 0.851. The number of nitrogens with zero attached hydrogens (tertiary/aromatic N) is 2. The summed E-state index contributed by atoms with van der Waals surface area (Å²) in [5.74, 6) is -0.288. The van der Waals surface area contributed by atoms with Gasteiger partial charge < -0.3 is 14.0 Å². The van der Waals surface area contributed by atoms with E-state index < -0.39 is 23.7 Å². The molecule has 0 spiro atoms. The first-order valence-electron chi connectivity index (χ1n) is 5.32. The molecule has 102 valence electrons. The van der Waals surface area contributed by atoms with Crippen LogP contribution in [0.3, 0.4) is 0 Å². The van der Waals surface area contributed by atoms with Gasteiger partial charge in [-0.25, -0.2) is 4.98 Å². The summed E-state index contributed by atoms with van der Waals surface area (Å²) in [6.07, 6.45) is -9.42. The van der Waals surface area contributed by atoms with Crippen LogP contribution in [0.1, 0.15) is 5.82 Å². The summed E-state index contributed by atoms with van der Waals surface area (Å²) < 4.78 is 61.9. The number of fused-ring (bicyclic) bond motifs is 2. The average molecular weight is 276 g/mol. The van der Waals surface area contributed by atoms with Crippen LogP contribution in [0.4, 0.5) is 17.6 Å². The number of rotatable bonds is 0. The summed E-state index contributed by atoms with van der Waals surface area (Å²) in [4.78, 5) is 4.10. The van der Waals surface area contributed by atoms with Gasteiger partial charge in [0.2, 0.25) is 0 Å². The standard InChI is InChI=1S/C11H8F4N2O2/c1-5-16-6-3-8-9(4-7(6)17(5)2)19-11(14,15)10(12,13)18-8/h3-4H,1-2H3. The third kappa shape index (κ3) is 1.55. The molecule has 1 aromatic heterocycles. The van der Waals surface area contributed by atoms with E-state index >= 15 is 0 Å². The average Bonchev–Trinajstić information content (AvgIpc) is 2.53. The highest BCUT2D eigenvalue weighted by Crippen LogP contribution is 2.47. The molecule has 1 aliphatic heterocycles. The Bertz CT molecular complexity index is 681. The van der Waals surface area contributed by atoms with Crippen LogP contribution in [0.5, 0.6) is 11.5 Å². The number of halogens is 4. The number of aromatic nitrogens is 2. The molecule has 0 atom stereocenters. The van der Waals surface area contributed by atoms with E-state index in [9.17, 15) is 17.6 Å². The Morgan fingerprint density at radius 1 is 1.05 bits per heavy atom. The van der Waals surface area contributed by atoms with Crippen LogP contribution in [0, 0.1) is 6.92 Å². The number of hydrogen-bond acceptors (Lipinski definition) is 3. The largest absolute Gasteiger partial charge is 0.507 e. The topological polar surface area (TPSA) is 36.3 Å². The third-order valence-corrected chi connectivity index (χ3v) is 2.99. The molecule has 0 bridgehead atoms. The highest BCUT2D eigenvalue weighted by molar-refractivity contribution is 5.80. The molecule has 0 amide bonds. The quantitative estimate of drug-likeness (QED) is 0.694. The summed E-state index contributed by atoms with van der Waals surface area (Å²) >= 11 is 0. The van der Waals surface area contributed by atoms with E-state index in [1.54, 1.807) is 18.5 Å². The van der Waals surface area contributed by atoms with Crippen molar-refractivity contribution in [2.45, 2.75) is 19.1 Å². The predicted octanol–water partition coefficient (Wildman–Crippen LogP) is 2.84. The van der Waals surface area contributed by atoms with Gasteiger partial charge in [-0.1, -0.05) is 0 Å². The zero-order valence-corrected chi connectivity index (χ0v) is 9.88. The molecule has 2 aromatic rings. The van der Waals surface area contributed by atoms with Gasteiger partial charge in [-0.2, -0.15) is 17.6 Å². The monoisotopic (exact) mass is 276 g/mol. The van der Waals surface area contributed by atoms with Crippen molar-refractivity contribution in [3.05, 3.63) is 18.0 Å². The second-order valence-electron chi connectivity index (χ2n) is 4.24. The Kier molecular flexibility index (Phi) is 2.10. The minimum absolute atomic E-state index is 0.364. The molecule has 0 saturated heterocycles. The lowest BCUT2D eigenvalue weighted by Gasteiger charge is -2.31. The highest BCUT2D eigenvalue weighted by atomic mass is 19.3. The van der Waals surface area contributed by atoms with Gasteiger partial charge in [-0.05, 0) is 6.92 Å². The molecule has 0 N–H and O–H groups in total. The predicted molar refractivity (Wildman–Crippen MR) is 56.6 cm³/mol. The number of ether oxygens (including phenoxy) is 2. The lowest BCUT2D eigenvalue weighted by atomic mass is 10.2. The zero-order chi connectivity index (χ0) is 14.0. The Morgan fingerprint density at radius 2 is 1.58 bits per heavy atom. The molecule has 1 aliphatic rings. The summed E-state index contributed by atoms with van der Waals surface area (Å²) in [5, 5.41) is 0. The first-order valence-corrected chi connectivity index (χ1v) is 5.32. The molecule has 2 heterocycles. The van der Waals surface area contributed by atoms with Crippen molar-refractivity contribution in [3.63, 3.8) is 0 Å². The van der Waals surface area contributed by atoms with E-state index in [1.807, 2.05) is 0 Å². The molecular weight excluding hydrogens is 268 g/mol. The maximum absolute atomic E-state index is 13.0. The van der Waals surface area contributed by atoms with Crippen LogP contribution in [-0.4, -0.2) is 21.8 Å². The smallest absolute Gasteiger partial charge is 0.421 e. The van der Waals surface area contributed by atoms with Crippen molar-refractivity contribution in [1.29, 1.82) is 0 Å². The van der Waals surface area contributed by atoms with Crippen LogP contribution in [-0.2, 0) is 7.05 Å².